The van der Waals surface area contributed by atoms with Crippen LogP contribution in [0.25, 0.3) is 0 Å². The summed E-state index contributed by atoms with van der Waals surface area (Å²) in [6.45, 7) is 5.67. The molecule has 0 bridgehead atoms. The second-order valence-electron chi connectivity index (χ2n) is 3.88. The van der Waals surface area contributed by atoms with Gasteiger partial charge >= 0.3 is 5.97 Å². The van der Waals surface area contributed by atoms with Gasteiger partial charge in [0.2, 0.25) is 0 Å². The van der Waals surface area contributed by atoms with E-state index in [0.717, 1.165) is 12.8 Å². The van der Waals surface area contributed by atoms with Crippen LogP contribution >= 0.6 is 0 Å². The van der Waals surface area contributed by atoms with Gasteiger partial charge < -0.3 is 10.2 Å². The molecule has 0 fully saturated rings. The SMILES string of the molecule is CCCCC(O)N[C@@H](C(=O)O)C(C)C. The van der Waals surface area contributed by atoms with E-state index in [1.807, 2.05) is 20.8 Å². The van der Waals surface area contributed by atoms with Crippen molar-refractivity contribution >= 4 is 5.97 Å². The Morgan fingerprint density at radius 3 is 2.36 bits per heavy atom. The Balaban J connectivity index is 3.96. The molecule has 1 unspecified atom stereocenters. The van der Waals surface area contributed by atoms with Crippen molar-refractivity contribution in [3.63, 3.8) is 0 Å². The van der Waals surface area contributed by atoms with Gasteiger partial charge in [0.15, 0.2) is 0 Å². The molecule has 0 amide bonds. The van der Waals surface area contributed by atoms with Crippen molar-refractivity contribution in [1.82, 2.24) is 5.32 Å². The molecule has 0 saturated carbocycles. The largest absolute Gasteiger partial charge is 0.480 e. The lowest BCUT2D eigenvalue weighted by Crippen LogP contribution is -2.46. The van der Waals surface area contributed by atoms with Crippen LogP contribution in [0, 0.1) is 5.92 Å². The Kier molecular flexibility index (Phi) is 6.49. The number of aliphatic carboxylic acids is 1. The van der Waals surface area contributed by atoms with E-state index in [0.29, 0.717) is 6.42 Å². The molecule has 0 aliphatic rings. The molecular formula is C10H21NO3. The number of aliphatic hydroxyl groups is 1. The molecule has 0 saturated heterocycles. The summed E-state index contributed by atoms with van der Waals surface area (Å²) in [5.41, 5.74) is 0. The van der Waals surface area contributed by atoms with E-state index in [1.165, 1.54) is 0 Å². The summed E-state index contributed by atoms with van der Waals surface area (Å²) in [6, 6.07) is -0.665. The van der Waals surface area contributed by atoms with Crippen molar-refractivity contribution in [3.05, 3.63) is 0 Å². The first-order valence-electron chi connectivity index (χ1n) is 5.16. The summed E-state index contributed by atoms with van der Waals surface area (Å²) in [6.07, 6.45) is 1.79. The first-order chi connectivity index (χ1) is 6.49. The summed E-state index contributed by atoms with van der Waals surface area (Å²) < 4.78 is 0. The average Bonchev–Trinajstić information content (AvgIpc) is 2.09. The van der Waals surface area contributed by atoms with Crippen molar-refractivity contribution in [3.8, 4) is 0 Å². The first-order valence-corrected chi connectivity index (χ1v) is 5.16. The number of aliphatic hydroxyl groups excluding tert-OH is 1. The highest BCUT2D eigenvalue weighted by atomic mass is 16.4. The molecule has 0 aliphatic heterocycles. The number of carboxylic acids is 1. The number of hydrogen-bond acceptors (Lipinski definition) is 3. The summed E-state index contributed by atoms with van der Waals surface area (Å²) in [5, 5.41) is 21.0. The van der Waals surface area contributed by atoms with Gasteiger partial charge in [0, 0.05) is 0 Å². The average molecular weight is 203 g/mol. The second-order valence-corrected chi connectivity index (χ2v) is 3.88. The van der Waals surface area contributed by atoms with Crippen molar-refractivity contribution in [2.45, 2.75) is 52.3 Å². The molecular weight excluding hydrogens is 182 g/mol. The van der Waals surface area contributed by atoms with Crippen LogP contribution in [0.1, 0.15) is 40.0 Å². The van der Waals surface area contributed by atoms with Gasteiger partial charge in [0.25, 0.3) is 0 Å². The number of carboxylic acid groups (broad SMARTS) is 1. The van der Waals surface area contributed by atoms with Gasteiger partial charge in [-0.15, -0.1) is 0 Å². The minimum absolute atomic E-state index is 0.0243. The van der Waals surface area contributed by atoms with Crippen LogP contribution in [0.3, 0.4) is 0 Å². The standard InChI is InChI=1S/C10H21NO3/c1-4-5-6-8(12)11-9(7(2)3)10(13)14/h7-9,11-12H,4-6H2,1-3H3,(H,13,14)/t8?,9-/m1/s1. The smallest absolute Gasteiger partial charge is 0.321 e. The molecule has 4 nitrogen and oxygen atoms in total. The normalized spacial score (nSPS) is 15.5. The summed E-state index contributed by atoms with van der Waals surface area (Å²) in [7, 11) is 0. The molecule has 0 rings (SSSR count). The van der Waals surface area contributed by atoms with Crippen LogP contribution in [0.2, 0.25) is 0 Å². The number of carbonyl (C=O) groups is 1. The van der Waals surface area contributed by atoms with Crippen LogP contribution in [-0.2, 0) is 4.79 Å². The zero-order chi connectivity index (χ0) is 11.1. The third-order valence-corrected chi connectivity index (χ3v) is 2.14. The number of unbranched alkanes of at least 4 members (excludes halogenated alkanes) is 1. The molecule has 14 heavy (non-hydrogen) atoms. The van der Waals surface area contributed by atoms with Crippen LogP contribution in [0.4, 0.5) is 0 Å². The van der Waals surface area contributed by atoms with Crippen LogP contribution in [-0.4, -0.2) is 28.5 Å². The van der Waals surface area contributed by atoms with Crippen LogP contribution < -0.4 is 5.32 Å². The number of hydrogen-bond donors (Lipinski definition) is 3. The quantitative estimate of drug-likeness (QED) is 0.544. The zero-order valence-corrected chi connectivity index (χ0v) is 9.16. The molecule has 0 radical (unpaired) electrons. The fourth-order valence-corrected chi connectivity index (χ4v) is 1.24. The Morgan fingerprint density at radius 2 is 2.00 bits per heavy atom. The predicted octanol–water partition coefficient (Wildman–Crippen LogP) is 1.19. The lowest BCUT2D eigenvalue weighted by Gasteiger charge is -2.21. The molecule has 0 aromatic carbocycles. The van der Waals surface area contributed by atoms with E-state index in [2.05, 4.69) is 5.32 Å². The van der Waals surface area contributed by atoms with Gasteiger partial charge in [0.1, 0.15) is 12.3 Å². The van der Waals surface area contributed by atoms with Gasteiger partial charge in [0.05, 0.1) is 0 Å². The Morgan fingerprint density at radius 1 is 1.43 bits per heavy atom. The number of rotatable bonds is 7. The van der Waals surface area contributed by atoms with E-state index >= 15 is 0 Å². The lowest BCUT2D eigenvalue weighted by atomic mass is 10.0. The van der Waals surface area contributed by atoms with Gasteiger partial charge in [-0.1, -0.05) is 27.2 Å². The fourth-order valence-electron chi connectivity index (χ4n) is 1.24. The molecule has 2 atom stereocenters. The molecule has 0 aliphatic carbocycles. The minimum atomic E-state index is -0.907. The highest BCUT2D eigenvalue weighted by molar-refractivity contribution is 5.73. The maximum absolute atomic E-state index is 10.8. The maximum atomic E-state index is 10.8. The Bertz CT molecular complexity index is 171. The van der Waals surface area contributed by atoms with Gasteiger partial charge in [-0.3, -0.25) is 10.1 Å². The molecule has 0 aromatic heterocycles. The van der Waals surface area contributed by atoms with Crippen molar-refractivity contribution in [1.29, 1.82) is 0 Å². The summed E-state index contributed by atoms with van der Waals surface area (Å²) in [4.78, 5) is 10.8. The molecule has 0 heterocycles. The van der Waals surface area contributed by atoms with E-state index in [-0.39, 0.29) is 5.92 Å². The molecule has 0 aromatic rings. The number of nitrogens with one attached hydrogen (secondary N) is 1. The molecule has 84 valence electrons. The molecule has 0 spiro atoms. The van der Waals surface area contributed by atoms with E-state index in [9.17, 15) is 9.90 Å². The molecule has 3 N–H and O–H groups in total. The van der Waals surface area contributed by atoms with Crippen LogP contribution in [0.5, 0.6) is 0 Å². The maximum Gasteiger partial charge on any atom is 0.321 e. The Hall–Kier alpha value is -0.610. The topological polar surface area (TPSA) is 69.6 Å². The highest BCUT2D eigenvalue weighted by Gasteiger charge is 2.23. The highest BCUT2D eigenvalue weighted by Crippen LogP contribution is 2.05. The monoisotopic (exact) mass is 203 g/mol. The van der Waals surface area contributed by atoms with E-state index < -0.39 is 18.2 Å². The van der Waals surface area contributed by atoms with Crippen molar-refractivity contribution in [2.75, 3.05) is 0 Å². The van der Waals surface area contributed by atoms with Crippen molar-refractivity contribution < 1.29 is 15.0 Å². The zero-order valence-electron chi connectivity index (χ0n) is 9.16. The van der Waals surface area contributed by atoms with Gasteiger partial charge in [-0.25, -0.2) is 0 Å². The predicted molar refractivity (Wildman–Crippen MR) is 54.9 cm³/mol. The lowest BCUT2D eigenvalue weighted by molar-refractivity contribution is -0.141. The summed E-state index contributed by atoms with van der Waals surface area (Å²) >= 11 is 0. The van der Waals surface area contributed by atoms with Crippen molar-refractivity contribution in [2.24, 2.45) is 5.92 Å². The third kappa shape index (κ3) is 5.19. The second kappa shape index (κ2) is 6.79. The fraction of sp³-hybridized carbons (Fsp3) is 0.900. The first kappa shape index (κ1) is 13.4. The van der Waals surface area contributed by atoms with Gasteiger partial charge in [-0.2, -0.15) is 0 Å². The molecule has 4 heteroatoms. The Labute approximate surface area is 85.3 Å². The third-order valence-electron chi connectivity index (χ3n) is 2.14. The van der Waals surface area contributed by atoms with E-state index in [4.69, 9.17) is 5.11 Å². The van der Waals surface area contributed by atoms with Crippen LogP contribution in [0.15, 0.2) is 0 Å². The summed E-state index contributed by atoms with van der Waals surface area (Å²) in [5.74, 6) is -0.931. The van der Waals surface area contributed by atoms with E-state index in [1.54, 1.807) is 0 Å². The van der Waals surface area contributed by atoms with Gasteiger partial charge in [-0.05, 0) is 18.8 Å². The minimum Gasteiger partial charge on any atom is -0.480 e.